The molecule has 1 aromatic rings. The Kier molecular flexibility index (Phi) is 4.18. The summed E-state index contributed by atoms with van der Waals surface area (Å²) in [7, 11) is 0. The first-order chi connectivity index (χ1) is 8.27. The molecule has 2 nitrogen and oxygen atoms in total. The minimum Gasteiger partial charge on any atom is -0.342 e. The molecule has 0 atom stereocenters. The Labute approximate surface area is 104 Å². The van der Waals surface area contributed by atoms with Gasteiger partial charge in [-0.25, -0.2) is 0 Å². The van der Waals surface area contributed by atoms with Crippen molar-refractivity contribution in [2.24, 2.45) is 0 Å². The third-order valence-corrected chi connectivity index (χ3v) is 3.56. The molecule has 0 bridgehead atoms. The van der Waals surface area contributed by atoms with E-state index in [0.29, 0.717) is 12.3 Å². The highest BCUT2D eigenvalue weighted by Gasteiger charge is 2.16. The fourth-order valence-electron chi connectivity index (χ4n) is 2.40. The summed E-state index contributed by atoms with van der Waals surface area (Å²) in [5, 5.41) is 0. The van der Waals surface area contributed by atoms with Crippen molar-refractivity contribution in [3.63, 3.8) is 0 Å². The van der Waals surface area contributed by atoms with E-state index in [1.807, 2.05) is 17.0 Å². The second-order valence-electron chi connectivity index (χ2n) is 4.90. The van der Waals surface area contributed by atoms with E-state index in [4.69, 9.17) is 0 Å². The largest absolute Gasteiger partial charge is 0.342 e. The van der Waals surface area contributed by atoms with Crippen LogP contribution in [-0.2, 0) is 11.2 Å². The number of carbonyl (C=O) groups excluding carboxylic acids is 1. The smallest absolute Gasteiger partial charge is 0.226 e. The maximum Gasteiger partial charge on any atom is 0.226 e. The molecule has 1 aliphatic rings. The van der Waals surface area contributed by atoms with Crippen LogP contribution in [0.1, 0.15) is 36.8 Å². The second kappa shape index (κ2) is 5.85. The molecule has 1 aromatic carbocycles. The minimum absolute atomic E-state index is 0.293. The average Bonchev–Trinajstić information content (AvgIpc) is 2.61. The number of rotatable bonds is 2. The van der Waals surface area contributed by atoms with Crippen molar-refractivity contribution in [2.75, 3.05) is 13.1 Å². The molecular formula is C15H21NO. The first kappa shape index (κ1) is 12.2. The monoisotopic (exact) mass is 231 g/mol. The van der Waals surface area contributed by atoms with Crippen LogP contribution in [0.4, 0.5) is 0 Å². The maximum absolute atomic E-state index is 12.2. The lowest BCUT2D eigenvalue weighted by Crippen LogP contribution is -2.33. The molecule has 2 rings (SSSR count). The predicted octanol–water partition coefficient (Wildman–Crippen LogP) is 2.94. The van der Waals surface area contributed by atoms with Gasteiger partial charge in [0.05, 0.1) is 6.42 Å². The molecule has 0 spiro atoms. The zero-order valence-electron chi connectivity index (χ0n) is 10.6. The molecular weight excluding hydrogens is 210 g/mol. The van der Waals surface area contributed by atoms with Crippen molar-refractivity contribution in [3.8, 4) is 0 Å². The molecule has 0 N–H and O–H groups in total. The molecule has 0 aliphatic carbocycles. The number of likely N-dealkylation sites (tertiary alicyclic amines) is 1. The fraction of sp³-hybridized carbons (Fsp3) is 0.533. The van der Waals surface area contributed by atoms with Crippen molar-refractivity contribution in [3.05, 3.63) is 35.4 Å². The summed E-state index contributed by atoms with van der Waals surface area (Å²) >= 11 is 0. The van der Waals surface area contributed by atoms with Crippen LogP contribution in [0, 0.1) is 6.92 Å². The summed E-state index contributed by atoms with van der Waals surface area (Å²) in [5.41, 5.74) is 2.39. The van der Waals surface area contributed by atoms with Crippen molar-refractivity contribution >= 4 is 5.91 Å². The molecule has 0 radical (unpaired) electrons. The lowest BCUT2D eigenvalue weighted by atomic mass is 10.1. The number of hydrogen-bond acceptors (Lipinski definition) is 1. The Morgan fingerprint density at radius 3 is 2.41 bits per heavy atom. The standard InChI is InChI=1S/C15H21NO/c1-13-8-4-5-9-14(13)12-15(17)16-10-6-2-3-7-11-16/h4-5,8-9H,2-3,6-7,10-12H2,1H3. The first-order valence-electron chi connectivity index (χ1n) is 6.59. The fourth-order valence-corrected chi connectivity index (χ4v) is 2.40. The maximum atomic E-state index is 12.2. The van der Waals surface area contributed by atoms with Crippen LogP contribution < -0.4 is 0 Å². The zero-order chi connectivity index (χ0) is 12.1. The van der Waals surface area contributed by atoms with E-state index in [0.717, 1.165) is 13.1 Å². The summed E-state index contributed by atoms with van der Waals surface area (Å²) in [6, 6.07) is 8.17. The Morgan fingerprint density at radius 2 is 1.76 bits per heavy atom. The van der Waals surface area contributed by atoms with E-state index in [2.05, 4.69) is 19.1 Å². The third-order valence-electron chi connectivity index (χ3n) is 3.56. The number of aryl methyl sites for hydroxylation is 1. The third kappa shape index (κ3) is 3.32. The lowest BCUT2D eigenvalue weighted by Gasteiger charge is -2.20. The van der Waals surface area contributed by atoms with Gasteiger partial charge < -0.3 is 4.90 Å². The summed E-state index contributed by atoms with van der Waals surface area (Å²) in [6.07, 6.45) is 5.44. The number of hydrogen-bond donors (Lipinski definition) is 0. The van der Waals surface area contributed by atoms with Gasteiger partial charge in [-0.1, -0.05) is 37.1 Å². The average molecular weight is 231 g/mol. The zero-order valence-corrected chi connectivity index (χ0v) is 10.6. The van der Waals surface area contributed by atoms with Crippen molar-refractivity contribution in [2.45, 2.75) is 39.0 Å². The van der Waals surface area contributed by atoms with Crippen LogP contribution in [0.2, 0.25) is 0 Å². The molecule has 1 saturated heterocycles. The molecule has 0 saturated carbocycles. The quantitative estimate of drug-likeness (QED) is 0.766. The lowest BCUT2D eigenvalue weighted by molar-refractivity contribution is -0.130. The van der Waals surface area contributed by atoms with Gasteiger partial charge in [-0.15, -0.1) is 0 Å². The highest BCUT2D eigenvalue weighted by molar-refractivity contribution is 5.79. The van der Waals surface area contributed by atoms with Crippen LogP contribution in [-0.4, -0.2) is 23.9 Å². The Hall–Kier alpha value is -1.31. The highest BCUT2D eigenvalue weighted by atomic mass is 16.2. The van der Waals surface area contributed by atoms with Gasteiger partial charge in [-0.2, -0.15) is 0 Å². The van der Waals surface area contributed by atoms with Crippen molar-refractivity contribution < 1.29 is 4.79 Å². The number of nitrogens with zero attached hydrogens (tertiary/aromatic N) is 1. The summed E-state index contributed by atoms with van der Waals surface area (Å²) in [5.74, 6) is 0.293. The highest BCUT2D eigenvalue weighted by Crippen LogP contribution is 2.13. The van der Waals surface area contributed by atoms with Crippen LogP contribution in [0.5, 0.6) is 0 Å². The molecule has 0 aromatic heterocycles. The Balaban J connectivity index is 1.98. The first-order valence-corrected chi connectivity index (χ1v) is 6.59. The van der Waals surface area contributed by atoms with Crippen LogP contribution in [0.25, 0.3) is 0 Å². The van der Waals surface area contributed by atoms with E-state index in [-0.39, 0.29) is 0 Å². The minimum atomic E-state index is 0.293. The number of carbonyl (C=O) groups is 1. The molecule has 1 fully saturated rings. The van der Waals surface area contributed by atoms with Crippen LogP contribution in [0.3, 0.4) is 0 Å². The molecule has 17 heavy (non-hydrogen) atoms. The van der Waals surface area contributed by atoms with E-state index >= 15 is 0 Å². The molecule has 1 heterocycles. The van der Waals surface area contributed by atoms with Crippen molar-refractivity contribution in [1.82, 2.24) is 4.90 Å². The van der Waals surface area contributed by atoms with Gasteiger partial charge in [0, 0.05) is 13.1 Å². The van der Waals surface area contributed by atoms with Gasteiger partial charge in [0.2, 0.25) is 5.91 Å². The molecule has 0 unspecified atom stereocenters. The summed E-state index contributed by atoms with van der Waals surface area (Å²) < 4.78 is 0. The van der Waals surface area contributed by atoms with E-state index < -0.39 is 0 Å². The number of benzene rings is 1. The second-order valence-corrected chi connectivity index (χ2v) is 4.90. The molecule has 92 valence electrons. The van der Waals surface area contributed by atoms with Gasteiger partial charge in [0.1, 0.15) is 0 Å². The molecule has 1 aliphatic heterocycles. The van der Waals surface area contributed by atoms with E-state index in [9.17, 15) is 4.79 Å². The SMILES string of the molecule is Cc1ccccc1CC(=O)N1CCCCCC1. The molecule has 1 amide bonds. The Morgan fingerprint density at radius 1 is 1.12 bits per heavy atom. The predicted molar refractivity (Wildman–Crippen MR) is 69.9 cm³/mol. The van der Waals surface area contributed by atoms with Crippen molar-refractivity contribution in [1.29, 1.82) is 0 Å². The van der Waals surface area contributed by atoms with Gasteiger partial charge in [-0.3, -0.25) is 4.79 Å². The topological polar surface area (TPSA) is 20.3 Å². The van der Waals surface area contributed by atoms with Gasteiger partial charge in [0.25, 0.3) is 0 Å². The van der Waals surface area contributed by atoms with Gasteiger partial charge >= 0.3 is 0 Å². The van der Waals surface area contributed by atoms with Crippen LogP contribution >= 0.6 is 0 Å². The van der Waals surface area contributed by atoms with Crippen LogP contribution in [0.15, 0.2) is 24.3 Å². The van der Waals surface area contributed by atoms with E-state index in [1.54, 1.807) is 0 Å². The van der Waals surface area contributed by atoms with Gasteiger partial charge in [-0.05, 0) is 30.9 Å². The number of amides is 1. The van der Waals surface area contributed by atoms with Gasteiger partial charge in [0.15, 0.2) is 0 Å². The molecule has 2 heteroatoms. The Bertz CT molecular complexity index is 378. The van der Waals surface area contributed by atoms with E-state index in [1.165, 1.54) is 36.8 Å². The summed E-state index contributed by atoms with van der Waals surface area (Å²) in [4.78, 5) is 14.2. The normalized spacial score (nSPS) is 16.6. The summed E-state index contributed by atoms with van der Waals surface area (Å²) in [6.45, 7) is 3.97.